The maximum atomic E-state index is 12.1. The first-order valence-electron chi connectivity index (χ1n) is 8.69. The highest BCUT2D eigenvalue weighted by molar-refractivity contribution is 9.10. The van der Waals surface area contributed by atoms with Gasteiger partial charge >= 0.3 is 0 Å². The Bertz CT molecular complexity index is 937. The average molecular weight is 490 g/mol. The zero-order chi connectivity index (χ0) is 20.7. The number of carbonyl (C=O) groups is 1. The lowest BCUT2D eigenvalue weighted by atomic mass is 10.1. The Hall–Kier alpha value is -1.61. The Labute approximate surface area is 178 Å². The molecule has 0 heterocycles. The Balaban J connectivity index is 1.96. The average Bonchev–Trinajstić information content (AvgIpc) is 2.65. The van der Waals surface area contributed by atoms with Gasteiger partial charge in [0.15, 0.2) is 6.61 Å². The van der Waals surface area contributed by atoms with E-state index in [2.05, 4.69) is 26.0 Å². The molecule has 2 aromatic carbocycles. The number of rotatable bonds is 9. The summed E-state index contributed by atoms with van der Waals surface area (Å²) in [6.45, 7) is 3.84. The third-order valence-corrected chi connectivity index (χ3v) is 6.09. The maximum absolute atomic E-state index is 12.1. The van der Waals surface area contributed by atoms with E-state index in [1.165, 1.54) is 18.2 Å². The highest BCUT2D eigenvalue weighted by Crippen LogP contribution is 2.27. The van der Waals surface area contributed by atoms with Crippen molar-refractivity contribution >= 4 is 43.5 Å². The number of nitrogens with one attached hydrogen (secondary N) is 2. The molecule has 28 heavy (non-hydrogen) atoms. The van der Waals surface area contributed by atoms with Crippen LogP contribution in [-0.4, -0.2) is 27.5 Å². The number of amides is 1. The lowest BCUT2D eigenvalue weighted by molar-refractivity contribution is -0.123. The maximum Gasteiger partial charge on any atom is 0.258 e. The first kappa shape index (κ1) is 22.7. The fourth-order valence-electron chi connectivity index (χ4n) is 2.37. The van der Waals surface area contributed by atoms with E-state index in [0.717, 1.165) is 10.0 Å². The molecule has 9 heteroatoms. The fourth-order valence-corrected chi connectivity index (χ4v) is 4.25. The number of ether oxygens (including phenoxy) is 1. The molecule has 2 rings (SSSR count). The molecule has 0 aliphatic rings. The van der Waals surface area contributed by atoms with Gasteiger partial charge in [0, 0.05) is 11.0 Å². The van der Waals surface area contributed by atoms with Crippen LogP contribution in [0, 0.1) is 0 Å². The van der Waals surface area contributed by atoms with Gasteiger partial charge in [0.1, 0.15) is 5.75 Å². The summed E-state index contributed by atoms with van der Waals surface area (Å²) in [5, 5.41) is 2.96. The van der Waals surface area contributed by atoms with Crippen molar-refractivity contribution in [1.29, 1.82) is 0 Å². The van der Waals surface area contributed by atoms with Crippen molar-refractivity contribution in [3.63, 3.8) is 0 Å². The van der Waals surface area contributed by atoms with Gasteiger partial charge in [-0.25, -0.2) is 13.1 Å². The van der Waals surface area contributed by atoms with E-state index < -0.39 is 10.0 Å². The molecule has 0 bridgehead atoms. The summed E-state index contributed by atoms with van der Waals surface area (Å²) >= 11 is 9.52. The number of sulfonamides is 1. The number of hydrogen-bond acceptors (Lipinski definition) is 4. The van der Waals surface area contributed by atoms with Crippen molar-refractivity contribution < 1.29 is 17.9 Å². The van der Waals surface area contributed by atoms with Crippen LogP contribution in [0.15, 0.2) is 51.8 Å². The van der Waals surface area contributed by atoms with Gasteiger partial charge < -0.3 is 10.1 Å². The van der Waals surface area contributed by atoms with Crippen molar-refractivity contribution in [2.24, 2.45) is 0 Å². The number of benzene rings is 2. The molecule has 0 saturated heterocycles. The van der Waals surface area contributed by atoms with Crippen molar-refractivity contribution in [1.82, 2.24) is 10.0 Å². The molecular weight excluding hydrogens is 468 g/mol. The minimum Gasteiger partial charge on any atom is -0.482 e. The molecule has 0 saturated carbocycles. The summed E-state index contributed by atoms with van der Waals surface area (Å²) in [7, 11) is -3.62. The molecule has 0 aromatic heterocycles. The number of hydrogen-bond donors (Lipinski definition) is 2. The van der Waals surface area contributed by atoms with E-state index in [0.29, 0.717) is 13.0 Å². The van der Waals surface area contributed by atoms with Crippen LogP contribution in [0.4, 0.5) is 0 Å². The summed E-state index contributed by atoms with van der Waals surface area (Å²) in [6, 6.07) is 11.6. The van der Waals surface area contributed by atoms with E-state index in [4.69, 9.17) is 16.3 Å². The van der Waals surface area contributed by atoms with Crippen LogP contribution in [0.25, 0.3) is 0 Å². The minimum absolute atomic E-state index is 0.0472. The van der Waals surface area contributed by atoms with Crippen LogP contribution < -0.4 is 14.8 Å². The lowest BCUT2D eigenvalue weighted by Crippen LogP contribution is -2.31. The molecule has 0 radical (unpaired) electrons. The molecule has 0 aliphatic carbocycles. The molecule has 0 fully saturated rings. The van der Waals surface area contributed by atoms with Gasteiger partial charge in [0.2, 0.25) is 10.0 Å². The molecule has 1 unspecified atom stereocenters. The topological polar surface area (TPSA) is 84.5 Å². The Kier molecular flexibility index (Phi) is 8.30. The first-order chi connectivity index (χ1) is 13.2. The molecule has 1 amide bonds. The number of halogens is 2. The second-order valence-corrected chi connectivity index (χ2v) is 9.21. The Morgan fingerprint density at radius 3 is 2.64 bits per heavy atom. The van der Waals surface area contributed by atoms with E-state index in [1.807, 2.05) is 38.1 Å². The van der Waals surface area contributed by atoms with E-state index in [-0.39, 0.29) is 34.2 Å². The van der Waals surface area contributed by atoms with Crippen LogP contribution in [0.3, 0.4) is 0 Å². The SMILES string of the molecule is CCCNS(=O)(=O)c1ccc(OCC(=O)NC(C)c2cccc(Br)c2)c(Cl)c1. The van der Waals surface area contributed by atoms with E-state index in [1.54, 1.807) is 0 Å². The van der Waals surface area contributed by atoms with Crippen molar-refractivity contribution in [2.75, 3.05) is 13.2 Å². The largest absolute Gasteiger partial charge is 0.482 e. The molecule has 0 spiro atoms. The first-order valence-corrected chi connectivity index (χ1v) is 11.3. The van der Waals surface area contributed by atoms with Gasteiger partial charge in [-0.1, -0.05) is 46.6 Å². The Morgan fingerprint density at radius 2 is 2.00 bits per heavy atom. The molecule has 2 aromatic rings. The molecule has 1 atom stereocenters. The zero-order valence-electron chi connectivity index (χ0n) is 15.5. The second-order valence-electron chi connectivity index (χ2n) is 6.12. The van der Waals surface area contributed by atoms with Gasteiger partial charge in [0.25, 0.3) is 5.91 Å². The van der Waals surface area contributed by atoms with Gasteiger partial charge in [-0.15, -0.1) is 0 Å². The molecule has 2 N–H and O–H groups in total. The fraction of sp³-hybridized carbons (Fsp3) is 0.316. The van der Waals surface area contributed by atoms with Gasteiger partial charge in [-0.05, 0) is 49.2 Å². The minimum atomic E-state index is -3.62. The van der Waals surface area contributed by atoms with Crippen LogP contribution in [0.1, 0.15) is 31.9 Å². The van der Waals surface area contributed by atoms with Crippen LogP contribution in [-0.2, 0) is 14.8 Å². The summed E-state index contributed by atoms with van der Waals surface area (Å²) in [5.41, 5.74) is 0.954. The van der Waals surface area contributed by atoms with Crippen molar-refractivity contribution in [3.8, 4) is 5.75 Å². The molecule has 6 nitrogen and oxygen atoms in total. The second kappa shape index (κ2) is 10.2. The van der Waals surface area contributed by atoms with Crippen molar-refractivity contribution in [3.05, 3.63) is 57.5 Å². The third-order valence-electron chi connectivity index (χ3n) is 3.84. The van der Waals surface area contributed by atoms with Crippen LogP contribution >= 0.6 is 27.5 Å². The predicted molar refractivity (Wildman–Crippen MR) is 113 cm³/mol. The van der Waals surface area contributed by atoms with Gasteiger partial charge in [-0.2, -0.15) is 0 Å². The van der Waals surface area contributed by atoms with Crippen molar-refractivity contribution in [2.45, 2.75) is 31.2 Å². The molecule has 152 valence electrons. The smallest absolute Gasteiger partial charge is 0.258 e. The molecular formula is C19H22BrClN2O4S. The molecule has 0 aliphatic heterocycles. The highest BCUT2D eigenvalue weighted by Gasteiger charge is 2.16. The van der Waals surface area contributed by atoms with E-state index >= 15 is 0 Å². The zero-order valence-corrected chi connectivity index (χ0v) is 18.7. The highest BCUT2D eigenvalue weighted by atomic mass is 79.9. The van der Waals surface area contributed by atoms with E-state index in [9.17, 15) is 13.2 Å². The number of carbonyl (C=O) groups excluding carboxylic acids is 1. The van der Waals surface area contributed by atoms with Crippen LogP contribution in [0.2, 0.25) is 5.02 Å². The standard InChI is InChI=1S/C19H22BrClN2O4S/c1-3-9-22-28(25,26)16-7-8-18(17(21)11-16)27-12-19(24)23-13(2)14-5-4-6-15(20)10-14/h4-8,10-11,13,22H,3,9,12H2,1-2H3,(H,23,24). The van der Waals surface area contributed by atoms with Gasteiger partial charge in [0.05, 0.1) is 16.0 Å². The summed E-state index contributed by atoms with van der Waals surface area (Å²) < 4.78 is 33.1. The van der Waals surface area contributed by atoms with Gasteiger partial charge in [-0.3, -0.25) is 4.79 Å². The lowest BCUT2D eigenvalue weighted by Gasteiger charge is -2.15. The summed E-state index contributed by atoms with van der Waals surface area (Å²) in [4.78, 5) is 12.2. The Morgan fingerprint density at radius 1 is 1.25 bits per heavy atom. The quantitative estimate of drug-likeness (QED) is 0.557. The normalized spacial score (nSPS) is 12.4. The van der Waals surface area contributed by atoms with Crippen LogP contribution in [0.5, 0.6) is 5.75 Å². The summed E-state index contributed by atoms with van der Waals surface area (Å²) in [6.07, 6.45) is 0.682. The predicted octanol–water partition coefficient (Wildman–Crippen LogP) is 4.05. The summed E-state index contributed by atoms with van der Waals surface area (Å²) in [5.74, 6) is -0.0776. The third kappa shape index (κ3) is 6.48. The monoisotopic (exact) mass is 488 g/mol.